The summed E-state index contributed by atoms with van der Waals surface area (Å²) in [4.78, 5) is 23.1. The minimum absolute atomic E-state index is 0.384. The van der Waals surface area contributed by atoms with Crippen LogP contribution in [0.15, 0.2) is 28.7 Å². The molecule has 2 N–H and O–H groups in total. The summed E-state index contributed by atoms with van der Waals surface area (Å²) in [5.41, 5.74) is -0.106. The van der Waals surface area contributed by atoms with Gasteiger partial charge in [0.1, 0.15) is 6.04 Å². The zero-order valence-corrected chi connectivity index (χ0v) is 12.1. The van der Waals surface area contributed by atoms with Crippen molar-refractivity contribution in [2.45, 2.75) is 26.8 Å². The molecular weight excluding hydrogens is 298 g/mol. The topological polar surface area (TPSA) is 66.4 Å². The summed E-state index contributed by atoms with van der Waals surface area (Å²) in [6, 6.07) is 5.83. The van der Waals surface area contributed by atoms with Crippen LogP contribution in [0.2, 0.25) is 0 Å². The molecule has 1 aromatic carbocycles. The van der Waals surface area contributed by atoms with Gasteiger partial charge in [0, 0.05) is 10.0 Å². The van der Waals surface area contributed by atoms with E-state index in [1.807, 2.05) is 0 Å². The first-order valence-corrected chi connectivity index (χ1v) is 6.30. The predicted molar refractivity (Wildman–Crippen MR) is 72.5 cm³/mol. The van der Waals surface area contributed by atoms with Crippen LogP contribution >= 0.6 is 15.9 Å². The molecule has 0 bridgehead atoms. The number of hydrogen-bond donors (Lipinski definition) is 2. The molecule has 0 spiro atoms. The summed E-state index contributed by atoms with van der Waals surface area (Å²) in [5.74, 6) is -1.42. The summed E-state index contributed by atoms with van der Waals surface area (Å²) in [6.45, 7) is 5.31. The van der Waals surface area contributed by atoms with E-state index in [9.17, 15) is 9.59 Å². The average molecular weight is 314 g/mol. The van der Waals surface area contributed by atoms with Gasteiger partial charge in [0.2, 0.25) is 0 Å². The molecule has 1 aromatic rings. The molecule has 0 fully saturated rings. The van der Waals surface area contributed by atoms with Crippen molar-refractivity contribution in [3.8, 4) is 0 Å². The SMILES string of the molecule is CC(C)(C)[C@H](NC(=O)c1ccc(Br)cc1)C(=O)O. The van der Waals surface area contributed by atoms with Gasteiger partial charge in [0.05, 0.1) is 0 Å². The minimum Gasteiger partial charge on any atom is -0.480 e. The Balaban J connectivity index is 2.86. The number of aliphatic carboxylic acids is 1. The number of amides is 1. The van der Waals surface area contributed by atoms with Gasteiger partial charge in [0.25, 0.3) is 5.91 Å². The molecule has 0 aliphatic rings. The molecule has 1 amide bonds. The van der Waals surface area contributed by atoms with E-state index >= 15 is 0 Å². The van der Waals surface area contributed by atoms with E-state index in [1.54, 1.807) is 45.0 Å². The number of rotatable bonds is 3. The maximum Gasteiger partial charge on any atom is 0.326 e. The number of halogens is 1. The van der Waals surface area contributed by atoms with Crippen molar-refractivity contribution >= 4 is 27.8 Å². The lowest BCUT2D eigenvalue weighted by atomic mass is 9.86. The van der Waals surface area contributed by atoms with Gasteiger partial charge in [0.15, 0.2) is 0 Å². The van der Waals surface area contributed by atoms with Crippen LogP contribution in [0.5, 0.6) is 0 Å². The van der Waals surface area contributed by atoms with Crippen LogP contribution in [-0.4, -0.2) is 23.0 Å². The fourth-order valence-corrected chi connectivity index (χ4v) is 1.73. The fraction of sp³-hybridized carbons (Fsp3) is 0.385. The highest BCUT2D eigenvalue weighted by molar-refractivity contribution is 9.10. The summed E-state index contributed by atoms with van der Waals surface area (Å²) in [5, 5.41) is 11.7. The molecule has 0 aromatic heterocycles. The third-order valence-corrected chi connectivity index (χ3v) is 3.02. The highest BCUT2D eigenvalue weighted by Gasteiger charge is 2.32. The Morgan fingerprint density at radius 3 is 2.11 bits per heavy atom. The quantitative estimate of drug-likeness (QED) is 0.901. The Morgan fingerprint density at radius 2 is 1.72 bits per heavy atom. The number of carboxylic acid groups (broad SMARTS) is 1. The summed E-state index contributed by atoms with van der Waals surface area (Å²) < 4.78 is 0.865. The molecule has 1 atom stereocenters. The number of carboxylic acids is 1. The highest BCUT2D eigenvalue weighted by atomic mass is 79.9. The third-order valence-electron chi connectivity index (χ3n) is 2.49. The maximum atomic E-state index is 11.9. The monoisotopic (exact) mass is 313 g/mol. The van der Waals surface area contributed by atoms with Crippen molar-refractivity contribution in [2.75, 3.05) is 0 Å². The van der Waals surface area contributed by atoms with Crippen molar-refractivity contribution in [1.82, 2.24) is 5.32 Å². The minimum atomic E-state index is -1.03. The Bertz CT molecular complexity index is 448. The second-order valence-corrected chi connectivity index (χ2v) is 6.03. The molecule has 0 heterocycles. The lowest BCUT2D eigenvalue weighted by Crippen LogP contribution is -2.49. The second kappa shape index (κ2) is 5.52. The van der Waals surface area contributed by atoms with E-state index in [-0.39, 0.29) is 5.91 Å². The van der Waals surface area contributed by atoms with Gasteiger partial charge in [-0.15, -0.1) is 0 Å². The molecule has 0 saturated carbocycles. The van der Waals surface area contributed by atoms with Crippen molar-refractivity contribution < 1.29 is 14.7 Å². The van der Waals surface area contributed by atoms with Gasteiger partial charge < -0.3 is 10.4 Å². The van der Waals surface area contributed by atoms with Gasteiger partial charge >= 0.3 is 5.97 Å². The first-order valence-electron chi connectivity index (χ1n) is 5.51. The number of carbonyl (C=O) groups excluding carboxylic acids is 1. The largest absolute Gasteiger partial charge is 0.480 e. The predicted octanol–water partition coefficient (Wildman–Crippen LogP) is 2.68. The van der Waals surface area contributed by atoms with Gasteiger partial charge in [-0.1, -0.05) is 36.7 Å². The molecule has 98 valence electrons. The van der Waals surface area contributed by atoms with E-state index in [1.165, 1.54) is 0 Å². The second-order valence-electron chi connectivity index (χ2n) is 5.12. The molecule has 0 radical (unpaired) electrons. The first-order chi connectivity index (χ1) is 8.21. The number of benzene rings is 1. The van der Waals surface area contributed by atoms with E-state index in [4.69, 9.17) is 5.11 Å². The molecule has 5 heteroatoms. The average Bonchev–Trinajstić information content (AvgIpc) is 2.24. The number of carbonyl (C=O) groups is 2. The summed E-state index contributed by atoms with van der Waals surface area (Å²) in [6.07, 6.45) is 0. The first kappa shape index (κ1) is 14.7. The Hall–Kier alpha value is -1.36. The van der Waals surface area contributed by atoms with Crippen LogP contribution in [0.3, 0.4) is 0 Å². The molecule has 4 nitrogen and oxygen atoms in total. The van der Waals surface area contributed by atoms with E-state index in [2.05, 4.69) is 21.2 Å². The molecule has 18 heavy (non-hydrogen) atoms. The number of hydrogen-bond acceptors (Lipinski definition) is 2. The Labute approximate surface area is 115 Å². The van der Waals surface area contributed by atoms with Crippen molar-refractivity contribution in [3.05, 3.63) is 34.3 Å². The molecule has 0 aliphatic heterocycles. The maximum absolute atomic E-state index is 11.9. The van der Waals surface area contributed by atoms with Crippen molar-refractivity contribution in [2.24, 2.45) is 5.41 Å². The lowest BCUT2D eigenvalue weighted by molar-refractivity contribution is -0.142. The normalized spacial score (nSPS) is 12.9. The fourth-order valence-electron chi connectivity index (χ4n) is 1.46. The van der Waals surface area contributed by atoms with Crippen LogP contribution in [-0.2, 0) is 4.79 Å². The van der Waals surface area contributed by atoms with Crippen LogP contribution < -0.4 is 5.32 Å². The van der Waals surface area contributed by atoms with Crippen LogP contribution in [0, 0.1) is 5.41 Å². The van der Waals surface area contributed by atoms with Crippen LogP contribution in [0.4, 0.5) is 0 Å². The zero-order chi connectivity index (χ0) is 13.9. The molecule has 0 saturated heterocycles. The molecule has 0 unspecified atom stereocenters. The third kappa shape index (κ3) is 3.84. The smallest absolute Gasteiger partial charge is 0.326 e. The van der Waals surface area contributed by atoms with Crippen molar-refractivity contribution in [1.29, 1.82) is 0 Å². The van der Waals surface area contributed by atoms with E-state index < -0.39 is 17.4 Å². The Morgan fingerprint density at radius 1 is 1.22 bits per heavy atom. The van der Waals surface area contributed by atoms with E-state index in [0.29, 0.717) is 5.56 Å². The Kier molecular flexibility index (Phi) is 4.51. The van der Waals surface area contributed by atoms with Gasteiger partial charge in [-0.2, -0.15) is 0 Å². The highest BCUT2D eigenvalue weighted by Crippen LogP contribution is 2.20. The summed E-state index contributed by atoms with van der Waals surface area (Å²) >= 11 is 3.27. The van der Waals surface area contributed by atoms with E-state index in [0.717, 1.165) is 4.47 Å². The zero-order valence-electron chi connectivity index (χ0n) is 10.5. The number of nitrogens with one attached hydrogen (secondary N) is 1. The molecular formula is C13H16BrNO3. The van der Waals surface area contributed by atoms with Gasteiger partial charge in [-0.3, -0.25) is 4.79 Å². The van der Waals surface area contributed by atoms with Crippen LogP contribution in [0.25, 0.3) is 0 Å². The van der Waals surface area contributed by atoms with Gasteiger partial charge in [-0.25, -0.2) is 4.79 Å². The standard InChI is InChI=1S/C13H16BrNO3/c1-13(2,3)10(12(17)18)15-11(16)8-4-6-9(14)7-5-8/h4-7,10H,1-3H3,(H,15,16)(H,17,18)/t10-/m1/s1. The summed E-state index contributed by atoms with van der Waals surface area (Å²) in [7, 11) is 0. The lowest BCUT2D eigenvalue weighted by Gasteiger charge is -2.27. The van der Waals surface area contributed by atoms with Crippen molar-refractivity contribution in [3.63, 3.8) is 0 Å². The molecule has 1 rings (SSSR count). The van der Waals surface area contributed by atoms with Crippen LogP contribution in [0.1, 0.15) is 31.1 Å². The van der Waals surface area contributed by atoms with Gasteiger partial charge in [-0.05, 0) is 29.7 Å². The molecule has 0 aliphatic carbocycles.